The van der Waals surface area contributed by atoms with Gasteiger partial charge >= 0.3 is 0 Å². The van der Waals surface area contributed by atoms with E-state index in [1.807, 2.05) is 0 Å². The zero-order valence-electron chi connectivity index (χ0n) is 18.7. The minimum absolute atomic E-state index is 0.263. The SMILES string of the molecule is CCNC(=NCC1(CCOCC)CC1)N1CC2OCCN(Cc3ccccc3)C2C1. The monoisotopic (exact) mass is 414 g/mol. The van der Waals surface area contributed by atoms with Crippen molar-refractivity contribution < 1.29 is 9.47 Å². The van der Waals surface area contributed by atoms with E-state index in [0.29, 0.717) is 11.5 Å². The molecular formula is C24H38N4O2. The summed E-state index contributed by atoms with van der Waals surface area (Å²) in [4.78, 5) is 10.1. The van der Waals surface area contributed by atoms with E-state index in [-0.39, 0.29) is 6.10 Å². The number of hydrogen-bond acceptors (Lipinski definition) is 4. The fourth-order valence-corrected chi connectivity index (χ4v) is 4.71. The molecule has 4 rings (SSSR count). The molecule has 3 fully saturated rings. The number of nitrogens with one attached hydrogen (secondary N) is 1. The molecule has 0 spiro atoms. The Kier molecular flexibility index (Phi) is 7.28. The third kappa shape index (κ3) is 5.34. The lowest BCUT2D eigenvalue weighted by molar-refractivity contribution is -0.0502. The van der Waals surface area contributed by atoms with Crippen molar-refractivity contribution in [3.63, 3.8) is 0 Å². The Morgan fingerprint density at radius 2 is 2.07 bits per heavy atom. The number of rotatable bonds is 9. The molecule has 166 valence electrons. The van der Waals surface area contributed by atoms with Crippen molar-refractivity contribution in [2.45, 2.75) is 51.8 Å². The summed E-state index contributed by atoms with van der Waals surface area (Å²) in [5, 5.41) is 3.54. The Labute approximate surface area is 181 Å². The molecule has 1 aliphatic carbocycles. The molecular weight excluding hydrogens is 376 g/mol. The van der Waals surface area contributed by atoms with E-state index in [1.165, 1.54) is 18.4 Å². The van der Waals surface area contributed by atoms with Crippen LogP contribution in [0.4, 0.5) is 0 Å². The van der Waals surface area contributed by atoms with Crippen LogP contribution in [0.2, 0.25) is 0 Å². The van der Waals surface area contributed by atoms with Gasteiger partial charge in [-0.2, -0.15) is 0 Å². The number of guanidine groups is 1. The number of nitrogens with zero attached hydrogens (tertiary/aromatic N) is 3. The van der Waals surface area contributed by atoms with Crippen LogP contribution in [-0.4, -0.2) is 80.4 Å². The molecule has 0 amide bonds. The second-order valence-electron chi connectivity index (χ2n) is 8.95. The molecule has 0 aromatic heterocycles. The zero-order valence-corrected chi connectivity index (χ0v) is 18.7. The Balaban J connectivity index is 1.38. The average Bonchev–Trinajstić information content (AvgIpc) is 3.39. The molecule has 2 aliphatic heterocycles. The molecule has 1 aromatic carbocycles. The topological polar surface area (TPSA) is 49.3 Å². The van der Waals surface area contributed by atoms with Crippen LogP contribution in [0, 0.1) is 5.41 Å². The van der Waals surface area contributed by atoms with Gasteiger partial charge in [0.05, 0.1) is 18.8 Å². The molecule has 2 unspecified atom stereocenters. The maximum atomic E-state index is 6.17. The van der Waals surface area contributed by atoms with Crippen LogP contribution >= 0.6 is 0 Å². The molecule has 1 aromatic rings. The Hall–Kier alpha value is -1.63. The van der Waals surface area contributed by atoms with Gasteiger partial charge in [0.1, 0.15) is 0 Å². The van der Waals surface area contributed by atoms with E-state index < -0.39 is 0 Å². The van der Waals surface area contributed by atoms with Crippen molar-refractivity contribution in [1.82, 2.24) is 15.1 Å². The number of fused-ring (bicyclic) bond motifs is 1. The summed E-state index contributed by atoms with van der Waals surface area (Å²) in [7, 11) is 0. The number of likely N-dealkylation sites (tertiary alicyclic amines) is 1. The minimum Gasteiger partial charge on any atom is -0.382 e. The van der Waals surface area contributed by atoms with Crippen molar-refractivity contribution in [1.29, 1.82) is 0 Å². The van der Waals surface area contributed by atoms with Crippen molar-refractivity contribution in [2.24, 2.45) is 10.4 Å². The van der Waals surface area contributed by atoms with E-state index in [0.717, 1.165) is 71.5 Å². The molecule has 2 heterocycles. The fraction of sp³-hybridized carbons (Fsp3) is 0.708. The van der Waals surface area contributed by atoms with Gasteiger partial charge in [0.15, 0.2) is 5.96 Å². The van der Waals surface area contributed by atoms with E-state index in [1.54, 1.807) is 0 Å². The van der Waals surface area contributed by atoms with Gasteiger partial charge in [0.25, 0.3) is 0 Å². The van der Waals surface area contributed by atoms with Gasteiger partial charge in [-0.1, -0.05) is 30.3 Å². The van der Waals surface area contributed by atoms with Gasteiger partial charge in [-0.15, -0.1) is 0 Å². The first-order valence-electron chi connectivity index (χ1n) is 11.7. The first kappa shape index (κ1) is 21.6. The van der Waals surface area contributed by atoms with Gasteiger partial charge < -0.3 is 19.7 Å². The second-order valence-corrected chi connectivity index (χ2v) is 8.95. The molecule has 30 heavy (non-hydrogen) atoms. The van der Waals surface area contributed by atoms with Crippen molar-refractivity contribution in [2.75, 3.05) is 52.5 Å². The molecule has 0 radical (unpaired) electrons. The van der Waals surface area contributed by atoms with Crippen LogP contribution in [-0.2, 0) is 16.0 Å². The number of hydrogen-bond donors (Lipinski definition) is 1. The minimum atomic E-state index is 0.263. The van der Waals surface area contributed by atoms with Crippen molar-refractivity contribution in [3.8, 4) is 0 Å². The number of benzene rings is 1. The lowest BCUT2D eigenvalue weighted by Gasteiger charge is -2.36. The lowest BCUT2D eigenvalue weighted by Crippen LogP contribution is -2.50. The van der Waals surface area contributed by atoms with Crippen LogP contribution in [0.25, 0.3) is 0 Å². The van der Waals surface area contributed by atoms with Crippen LogP contribution in [0.3, 0.4) is 0 Å². The summed E-state index contributed by atoms with van der Waals surface area (Å²) in [5.41, 5.74) is 1.75. The quantitative estimate of drug-likeness (QED) is 0.383. The van der Waals surface area contributed by atoms with Crippen molar-refractivity contribution in [3.05, 3.63) is 35.9 Å². The number of aliphatic imine (C=N–C) groups is 1. The average molecular weight is 415 g/mol. The van der Waals surface area contributed by atoms with E-state index in [9.17, 15) is 0 Å². The van der Waals surface area contributed by atoms with Gasteiger partial charge in [0, 0.05) is 52.5 Å². The van der Waals surface area contributed by atoms with Crippen LogP contribution in [0.15, 0.2) is 35.3 Å². The van der Waals surface area contributed by atoms with Crippen LogP contribution in [0.1, 0.15) is 38.7 Å². The highest BCUT2D eigenvalue weighted by molar-refractivity contribution is 5.80. The van der Waals surface area contributed by atoms with Crippen LogP contribution in [0.5, 0.6) is 0 Å². The largest absolute Gasteiger partial charge is 0.382 e. The van der Waals surface area contributed by atoms with Gasteiger partial charge in [-0.25, -0.2) is 0 Å². The lowest BCUT2D eigenvalue weighted by atomic mass is 10.0. The second kappa shape index (κ2) is 10.1. The Morgan fingerprint density at radius 3 is 2.80 bits per heavy atom. The summed E-state index contributed by atoms with van der Waals surface area (Å²) in [5.74, 6) is 1.05. The maximum Gasteiger partial charge on any atom is 0.194 e. The summed E-state index contributed by atoms with van der Waals surface area (Å²) in [6, 6.07) is 11.2. The summed E-state index contributed by atoms with van der Waals surface area (Å²) >= 11 is 0. The van der Waals surface area contributed by atoms with Crippen LogP contribution < -0.4 is 5.32 Å². The molecule has 2 atom stereocenters. The normalized spacial score (nSPS) is 25.9. The van der Waals surface area contributed by atoms with Gasteiger partial charge in [0.2, 0.25) is 0 Å². The van der Waals surface area contributed by atoms with E-state index in [4.69, 9.17) is 14.5 Å². The number of morpholine rings is 1. The van der Waals surface area contributed by atoms with E-state index >= 15 is 0 Å². The molecule has 6 heteroatoms. The highest BCUT2D eigenvalue weighted by atomic mass is 16.5. The van der Waals surface area contributed by atoms with Gasteiger partial charge in [-0.05, 0) is 44.1 Å². The molecule has 2 saturated heterocycles. The molecule has 1 N–H and O–H groups in total. The van der Waals surface area contributed by atoms with Gasteiger partial charge in [-0.3, -0.25) is 9.89 Å². The van der Waals surface area contributed by atoms with E-state index in [2.05, 4.69) is 59.3 Å². The van der Waals surface area contributed by atoms with Crippen molar-refractivity contribution >= 4 is 5.96 Å². The first-order valence-corrected chi connectivity index (χ1v) is 11.7. The Bertz CT molecular complexity index is 692. The summed E-state index contributed by atoms with van der Waals surface area (Å²) in [6.07, 6.45) is 3.95. The standard InChI is InChI=1S/C24H38N4O2/c1-3-25-23(26-19-24(10-11-24)12-14-29-4-2)28-17-21-22(18-28)30-15-13-27(21)16-20-8-6-5-7-9-20/h5-9,21-22H,3-4,10-19H2,1-2H3,(H,25,26). The molecule has 1 saturated carbocycles. The fourth-order valence-electron chi connectivity index (χ4n) is 4.71. The first-order chi connectivity index (χ1) is 14.7. The number of ether oxygens (including phenoxy) is 2. The third-order valence-corrected chi connectivity index (χ3v) is 6.78. The highest BCUT2D eigenvalue weighted by Crippen LogP contribution is 2.49. The maximum absolute atomic E-state index is 6.17. The third-order valence-electron chi connectivity index (χ3n) is 6.78. The smallest absolute Gasteiger partial charge is 0.194 e. The predicted octanol–water partition coefficient (Wildman–Crippen LogP) is 2.74. The molecule has 0 bridgehead atoms. The zero-order chi connectivity index (χ0) is 20.8. The Morgan fingerprint density at radius 1 is 1.23 bits per heavy atom. The highest BCUT2D eigenvalue weighted by Gasteiger charge is 2.43. The summed E-state index contributed by atoms with van der Waals surface area (Å²) < 4.78 is 11.8. The molecule has 6 nitrogen and oxygen atoms in total. The molecule has 3 aliphatic rings. The predicted molar refractivity (Wildman–Crippen MR) is 121 cm³/mol. The summed E-state index contributed by atoms with van der Waals surface area (Å²) in [6.45, 7) is 12.4.